The Morgan fingerprint density at radius 2 is 1.74 bits per heavy atom. The van der Waals surface area contributed by atoms with Gasteiger partial charge in [0.05, 0.1) is 37.4 Å². The number of nitrogens with zero attached hydrogens (tertiary/aromatic N) is 5. The van der Waals surface area contributed by atoms with Crippen LogP contribution in [0, 0.1) is 5.41 Å². The highest BCUT2D eigenvalue weighted by Crippen LogP contribution is 2.61. The second-order valence-electron chi connectivity index (χ2n) is 17.7. The minimum atomic E-state index is -5.61. The molecule has 3 aliphatic rings. The van der Waals surface area contributed by atoms with E-state index in [0.717, 1.165) is 35.6 Å². The molecule has 0 spiro atoms. The maximum absolute atomic E-state index is 13.1. The van der Waals surface area contributed by atoms with Crippen LogP contribution in [0.25, 0.3) is 11.2 Å². The van der Waals surface area contributed by atoms with E-state index >= 15 is 0 Å². The van der Waals surface area contributed by atoms with Crippen molar-refractivity contribution in [3.05, 3.63) is 48.5 Å². The number of benzene rings is 1. The van der Waals surface area contributed by atoms with E-state index in [9.17, 15) is 67.5 Å². The van der Waals surface area contributed by atoms with Gasteiger partial charge in [0.15, 0.2) is 17.7 Å². The average Bonchev–Trinajstić information content (AvgIpc) is 4.10. The molecule has 74 heavy (non-hydrogen) atoms. The molecule has 1 aromatic carbocycles. The normalized spacial score (nSPS) is 23.9. The van der Waals surface area contributed by atoms with Gasteiger partial charge in [0, 0.05) is 48.1 Å². The molecular formula is C40H58N9O20P3S2. The van der Waals surface area contributed by atoms with E-state index < -0.39 is 90.6 Å². The number of anilines is 1. The molecule has 34 heteroatoms. The highest BCUT2D eigenvalue weighted by atomic mass is 32.2. The summed E-state index contributed by atoms with van der Waals surface area (Å²) in [6, 6.07) is 8.45. The highest BCUT2D eigenvalue weighted by Gasteiger charge is 2.52. The number of nitrogens with two attached hydrogens (primary N) is 1. The van der Waals surface area contributed by atoms with Crippen molar-refractivity contribution in [1.29, 1.82) is 0 Å². The summed E-state index contributed by atoms with van der Waals surface area (Å²) in [6.45, 7) is 0.546. The summed E-state index contributed by atoms with van der Waals surface area (Å²) in [6.07, 6.45) is -4.65. The molecule has 2 aromatic heterocycles. The number of carbonyl (C=O) groups is 5. The van der Waals surface area contributed by atoms with E-state index in [1.165, 1.54) is 30.5 Å². The van der Waals surface area contributed by atoms with Crippen LogP contribution in [0.2, 0.25) is 0 Å². The number of esters is 1. The predicted molar refractivity (Wildman–Crippen MR) is 261 cm³/mol. The molecule has 0 saturated carbocycles. The summed E-state index contributed by atoms with van der Waals surface area (Å²) in [5.74, 6) is -1.26. The lowest BCUT2D eigenvalue weighted by atomic mass is 9.87. The first kappa shape index (κ1) is 59.1. The summed E-state index contributed by atoms with van der Waals surface area (Å²) in [4.78, 5) is 116. The second-order valence-corrected chi connectivity index (χ2v) is 24.3. The van der Waals surface area contributed by atoms with Gasteiger partial charge in [-0.15, -0.1) is 0 Å². The third-order valence-corrected chi connectivity index (χ3v) is 17.2. The Labute approximate surface area is 431 Å². The SMILES string of the molecule is CC(C)(COP(=O)(O)OP(=O)(O)OC[C@H]1O[C@@H](n2cnc3c(N)ncnc32)[C@@H](O)C1OP(=O)(O)O)[C@@H](O)C(=O)NCCC(=O)NCCSCC(=O)N1C(=O)NC2C(CCCCC(=O)OCc3ccccc3)SCC21. The van der Waals surface area contributed by atoms with Gasteiger partial charge in [-0.3, -0.25) is 42.2 Å². The van der Waals surface area contributed by atoms with E-state index in [2.05, 4.69) is 39.7 Å². The van der Waals surface area contributed by atoms with Crippen molar-refractivity contribution < 1.29 is 94.8 Å². The minimum Gasteiger partial charge on any atom is -0.461 e. The van der Waals surface area contributed by atoms with Gasteiger partial charge in [-0.2, -0.15) is 27.8 Å². The zero-order chi connectivity index (χ0) is 54.0. The van der Waals surface area contributed by atoms with Gasteiger partial charge < -0.3 is 60.9 Å². The number of ether oxygens (including phenoxy) is 2. The molecule has 11 N–H and O–H groups in total. The van der Waals surface area contributed by atoms with Crippen molar-refractivity contribution >= 4 is 93.7 Å². The molecule has 3 saturated heterocycles. The number of rotatable bonds is 28. The van der Waals surface area contributed by atoms with E-state index in [-0.39, 0.29) is 84.5 Å². The quantitative estimate of drug-likeness (QED) is 0.0208. The first-order valence-corrected chi connectivity index (χ1v) is 29.5. The Balaban J connectivity index is 0.842. The minimum absolute atomic E-state index is 0.00624. The number of thioether (sulfide) groups is 2. The number of amides is 5. The third kappa shape index (κ3) is 16.4. The fourth-order valence-corrected chi connectivity index (χ4v) is 13.0. The van der Waals surface area contributed by atoms with Crippen molar-refractivity contribution in [2.45, 2.75) is 101 Å². The lowest BCUT2D eigenvalue weighted by Gasteiger charge is -2.30. The van der Waals surface area contributed by atoms with Crippen LogP contribution in [0.3, 0.4) is 0 Å². The van der Waals surface area contributed by atoms with E-state index in [4.69, 9.17) is 24.3 Å². The van der Waals surface area contributed by atoms with Gasteiger partial charge in [0.25, 0.3) is 0 Å². The van der Waals surface area contributed by atoms with Gasteiger partial charge in [-0.1, -0.05) is 50.6 Å². The standard InChI is InChI=1S/C40H58N9O20P3S2/c1-40(2,20-66-72(62,63)69-71(60,61)65-17-25-33(68-70(57,58)59)32(53)38(67-25)48-22-46-31-35(41)44-21-45-36(31)48)34(54)37(55)43-13-12-27(50)42-14-15-73-19-28(51)49-24-18-74-26(30(24)47-39(49)56)10-6-7-11-29(52)64-16-23-8-4-3-5-9-23/h3-5,8-9,21-22,24-26,30,32-34,38,53-54H,6-7,10-20H2,1-2H3,(H,42,50)(H,43,55)(H,47,56)(H,60,61)(H,62,63)(H2,41,44,45)(H2,57,58,59)/t24?,25-,26?,30?,32+,33?,34+,38-/m1/s1. The molecule has 5 heterocycles. The first-order valence-electron chi connectivity index (χ1n) is 22.7. The zero-order valence-electron chi connectivity index (χ0n) is 39.7. The van der Waals surface area contributed by atoms with Crippen LogP contribution < -0.4 is 21.7 Å². The molecule has 6 unspecified atom stereocenters. The van der Waals surface area contributed by atoms with Crippen LogP contribution in [-0.2, 0) is 66.8 Å². The molecule has 29 nitrogen and oxygen atoms in total. The number of carbonyl (C=O) groups excluding carboxylic acids is 5. The van der Waals surface area contributed by atoms with Crippen LogP contribution in [-0.4, -0.2) is 169 Å². The number of hydrogen-bond donors (Lipinski definition) is 10. The molecule has 3 aliphatic heterocycles. The summed E-state index contributed by atoms with van der Waals surface area (Å²) in [5.41, 5.74) is 5.13. The van der Waals surface area contributed by atoms with E-state index in [1.807, 2.05) is 30.3 Å². The average molecular weight is 1140 g/mol. The Kier molecular flexibility index (Phi) is 20.6. The van der Waals surface area contributed by atoms with E-state index in [1.54, 1.807) is 11.8 Å². The largest absolute Gasteiger partial charge is 0.481 e. The molecule has 5 amide bonds. The molecule has 3 aromatic rings. The number of imidazole rings is 1. The van der Waals surface area contributed by atoms with Gasteiger partial charge in [-0.05, 0) is 18.4 Å². The third-order valence-electron chi connectivity index (χ3n) is 11.6. The number of aliphatic hydroxyl groups excluding tert-OH is 2. The fourth-order valence-electron chi connectivity index (χ4n) is 7.88. The number of imide groups is 1. The molecule has 6 rings (SSSR count). The number of nitrogens with one attached hydrogen (secondary N) is 3. The smallest absolute Gasteiger partial charge is 0.461 e. The Morgan fingerprint density at radius 1 is 1.01 bits per heavy atom. The number of hydrogen-bond acceptors (Lipinski definition) is 22. The summed E-state index contributed by atoms with van der Waals surface area (Å²) >= 11 is 2.90. The fraction of sp³-hybridized carbons (Fsp3) is 0.600. The van der Waals surface area contributed by atoms with Gasteiger partial charge in [-0.25, -0.2) is 33.4 Å². The molecule has 0 aliphatic carbocycles. The molecule has 0 bridgehead atoms. The van der Waals surface area contributed by atoms with Crippen LogP contribution in [0.5, 0.6) is 0 Å². The zero-order valence-corrected chi connectivity index (χ0v) is 44.0. The monoisotopic (exact) mass is 1140 g/mol. The van der Waals surface area contributed by atoms with Crippen LogP contribution in [0.1, 0.15) is 57.7 Å². The van der Waals surface area contributed by atoms with E-state index in [0.29, 0.717) is 17.9 Å². The number of phosphoric acid groups is 3. The molecule has 410 valence electrons. The van der Waals surface area contributed by atoms with Crippen molar-refractivity contribution in [2.24, 2.45) is 5.41 Å². The number of urea groups is 1. The van der Waals surface area contributed by atoms with Gasteiger partial charge in [0.2, 0.25) is 17.7 Å². The van der Waals surface area contributed by atoms with Crippen LogP contribution in [0.4, 0.5) is 10.6 Å². The molecule has 0 radical (unpaired) electrons. The van der Waals surface area contributed by atoms with Crippen LogP contribution in [0.15, 0.2) is 43.0 Å². The van der Waals surface area contributed by atoms with Gasteiger partial charge in [0.1, 0.15) is 42.9 Å². The van der Waals surface area contributed by atoms with Crippen molar-refractivity contribution in [1.82, 2.24) is 40.4 Å². The Hall–Kier alpha value is -4.13. The maximum Gasteiger partial charge on any atom is 0.481 e. The Morgan fingerprint density at radius 3 is 2.47 bits per heavy atom. The molecule has 3 fully saturated rings. The van der Waals surface area contributed by atoms with Crippen molar-refractivity contribution in [2.75, 3.05) is 49.3 Å². The number of aliphatic hydroxyl groups is 2. The highest BCUT2D eigenvalue weighted by molar-refractivity contribution is 8.00. The predicted octanol–water partition coefficient (Wildman–Crippen LogP) is 0.846. The number of nitrogen functional groups attached to an aromatic ring is 1. The molecular weight excluding hydrogens is 1080 g/mol. The van der Waals surface area contributed by atoms with Crippen LogP contribution >= 0.6 is 47.0 Å². The topological polar surface area (TPSA) is 422 Å². The lowest BCUT2D eigenvalue weighted by molar-refractivity contribution is -0.145. The summed E-state index contributed by atoms with van der Waals surface area (Å²) in [5, 5.41) is 29.7. The van der Waals surface area contributed by atoms with Gasteiger partial charge >= 0.3 is 35.5 Å². The second kappa shape index (κ2) is 25.8. The number of phosphoric ester groups is 3. The van der Waals surface area contributed by atoms with Crippen molar-refractivity contribution in [3.8, 4) is 0 Å². The molecule has 10 atom stereocenters. The number of unbranched alkanes of at least 4 members (excludes halogenated alkanes) is 1. The first-order chi connectivity index (χ1) is 34.8. The maximum atomic E-state index is 13.1. The summed E-state index contributed by atoms with van der Waals surface area (Å²) in [7, 11) is -16.5. The number of aromatic nitrogens is 4. The number of fused-ring (bicyclic) bond motifs is 2. The lowest BCUT2D eigenvalue weighted by Crippen LogP contribution is -2.46. The summed E-state index contributed by atoms with van der Waals surface area (Å²) < 4.78 is 67.9. The Bertz CT molecular complexity index is 2620. The van der Waals surface area contributed by atoms with Crippen molar-refractivity contribution in [3.63, 3.8) is 0 Å².